The van der Waals surface area contributed by atoms with Gasteiger partial charge in [-0.1, -0.05) is 223 Å². The number of rotatable bonds is 47. The van der Waals surface area contributed by atoms with E-state index >= 15 is 0 Å². The molecule has 0 aliphatic rings. The van der Waals surface area contributed by atoms with E-state index in [2.05, 4.69) is 74.7 Å². The van der Waals surface area contributed by atoms with Crippen molar-refractivity contribution in [3.05, 3.63) is 48.6 Å². The van der Waals surface area contributed by atoms with Crippen LogP contribution in [0.15, 0.2) is 48.6 Å². The van der Waals surface area contributed by atoms with Crippen LogP contribution in [0, 0.1) is 0 Å². The summed E-state index contributed by atoms with van der Waals surface area (Å²) in [6, 6.07) is -0.709. The molecule has 0 aromatic carbocycles. The number of esters is 1. The van der Waals surface area contributed by atoms with Crippen LogP contribution in [-0.2, 0) is 14.3 Å². The van der Waals surface area contributed by atoms with Crippen molar-refractivity contribution in [2.75, 3.05) is 6.61 Å². The summed E-state index contributed by atoms with van der Waals surface area (Å²) in [6.07, 6.45) is 58.8. The number of amides is 1. The highest BCUT2D eigenvalue weighted by atomic mass is 16.5. The van der Waals surface area contributed by atoms with E-state index in [-0.39, 0.29) is 24.9 Å². The maximum Gasteiger partial charge on any atom is 0.306 e. The van der Waals surface area contributed by atoms with E-state index in [0.717, 1.165) is 96.3 Å². The Kier molecular flexibility index (Phi) is 47.1. The molecule has 3 N–H and O–H groups in total. The van der Waals surface area contributed by atoms with Gasteiger partial charge in [0.25, 0.3) is 0 Å². The second kappa shape index (κ2) is 48.8. The first-order chi connectivity index (χ1) is 30.0. The Balaban J connectivity index is 4.57. The quantitative estimate of drug-likeness (QED) is 0.0245. The molecule has 0 rings (SSSR count). The van der Waals surface area contributed by atoms with Crippen LogP contribution in [0.4, 0.5) is 0 Å². The van der Waals surface area contributed by atoms with E-state index in [0.29, 0.717) is 19.3 Å². The Hall–Kier alpha value is -2.18. The summed E-state index contributed by atoms with van der Waals surface area (Å²) in [6.45, 7) is 6.35. The number of unbranched alkanes of at least 4 members (excludes halogenated alkanes) is 28. The number of aliphatic hydroxyl groups is 2. The SMILES string of the molecule is CC/C=C/C/C=C/CCCCCCCCCC(=O)OC(CCCCCC/C=C/C=C/CCCCC)CC(=O)NC(CO)C(O)CCCCCCCCCCCCCCCCC. The first kappa shape index (κ1) is 58.8. The number of hydrogen-bond donors (Lipinski definition) is 3. The predicted molar refractivity (Wildman–Crippen MR) is 264 cm³/mol. The van der Waals surface area contributed by atoms with Crippen molar-refractivity contribution in [1.82, 2.24) is 5.32 Å². The van der Waals surface area contributed by atoms with Crippen LogP contribution >= 0.6 is 0 Å². The summed E-state index contributed by atoms with van der Waals surface area (Å²) in [5.41, 5.74) is 0. The van der Waals surface area contributed by atoms with Crippen molar-refractivity contribution in [2.24, 2.45) is 0 Å². The normalized spacial score (nSPS) is 13.6. The third-order valence-electron chi connectivity index (χ3n) is 11.9. The van der Waals surface area contributed by atoms with Crippen molar-refractivity contribution >= 4 is 11.9 Å². The molecule has 0 bridgehead atoms. The van der Waals surface area contributed by atoms with Crippen LogP contribution in [-0.4, -0.2) is 46.9 Å². The highest BCUT2D eigenvalue weighted by Crippen LogP contribution is 2.18. The van der Waals surface area contributed by atoms with Gasteiger partial charge >= 0.3 is 5.97 Å². The highest BCUT2D eigenvalue weighted by Gasteiger charge is 2.24. The van der Waals surface area contributed by atoms with Crippen LogP contribution in [0.3, 0.4) is 0 Å². The molecule has 0 heterocycles. The van der Waals surface area contributed by atoms with Crippen molar-refractivity contribution in [3.8, 4) is 0 Å². The molecule has 0 saturated heterocycles. The van der Waals surface area contributed by atoms with Gasteiger partial charge in [0, 0.05) is 6.42 Å². The van der Waals surface area contributed by atoms with Crippen LogP contribution in [0.1, 0.15) is 265 Å². The van der Waals surface area contributed by atoms with Crippen molar-refractivity contribution in [1.29, 1.82) is 0 Å². The summed E-state index contributed by atoms with van der Waals surface area (Å²) in [5, 5.41) is 23.8. The van der Waals surface area contributed by atoms with Gasteiger partial charge in [-0.05, 0) is 77.0 Å². The smallest absolute Gasteiger partial charge is 0.306 e. The standard InChI is InChI=1S/C55H101NO5/c1-4-7-10-13-16-19-22-25-27-29-32-35-38-41-44-47-53(58)52(50-57)56-54(59)49-51(46-43-40-37-34-31-28-24-21-18-15-12-9-6-3)61-55(60)48-45-42-39-36-33-30-26-23-20-17-14-11-8-5-2/h8,11,17-18,20-21,24,28,51-53,57-58H,4-7,9-10,12-16,19,22-23,25-27,29-50H2,1-3H3,(H,56,59)/b11-8+,20-17+,21-18+,28-24+. The summed E-state index contributed by atoms with van der Waals surface area (Å²) in [4.78, 5) is 26.1. The lowest BCUT2D eigenvalue weighted by Crippen LogP contribution is -2.46. The minimum Gasteiger partial charge on any atom is -0.462 e. The zero-order valence-corrected chi connectivity index (χ0v) is 40.5. The number of aliphatic hydroxyl groups excluding tert-OH is 2. The van der Waals surface area contributed by atoms with Crippen molar-refractivity contribution in [3.63, 3.8) is 0 Å². The molecule has 3 atom stereocenters. The fourth-order valence-corrected chi connectivity index (χ4v) is 7.93. The maximum atomic E-state index is 13.2. The van der Waals surface area contributed by atoms with Gasteiger partial charge in [0.15, 0.2) is 0 Å². The summed E-state index contributed by atoms with van der Waals surface area (Å²) in [7, 11) is 0. The zero-order chi connectivity index (χ0) is 44.5. The Labute approximate surface area is 378 Å². The number of nitrogens with one attached hydrogen (secondary N) is 1. The molecule has 0 aliphatic carbocycles. The van der Waals surface area contributed by atoms with E-state index in [1.165, 1.54) is 122 Å². The maximum absolute atomic E-state index is 13.2. The summed E-state index contributed by atoms with van der Waals surface area (Å²) < 4.78 is 5.92. The first-order valence-electron chi connectivity index (χ1n) is 26.4. The summed E-state index contributed by atoms with van der Waals surface area (Å²) in [5.74, 6) is -0.498. The van der Waals surface area contributed by atoms with Gasteiger partial charge in [0.1, 0.15) is 6.10 Å². The lowest BCUT2D eigenvalue weighted by molar-refractivity contribution is -0.151. The first-order valence-corrected chi connectivity index (χ1v) is 26.4. The Bertz CT molecular complexity index is 1050. The molecule has 0 aromatic rings. The minimum atomic E-state index is -0.794. The van der Waals surface area contributed by atoms with Crippen LogP contribution in [0.5, 0.6) is 0 Å². The minimum absolute atomic E-state index is 0.0614. The van der Waals surface area contributed by atoms with Gasteiger partial charge in [-0.15, -0.1) is 0 Å². The molecule has 61 heavy (non-hydrogen) atoms. The number of carbonyl (C=O) groups is 2. The van der Waals surface area contributed by atoms with E-state index in [4.69, 9.17) is 4.74 Å². The van der Waals surface area contributed by atoms with Crippen LogP contribution in [0.2, 0.25) is 0 Å². The molecule has 0 saturated carbocycles. The van der Waals surface area contributed by atoms with E-state index in [1.807, 2.05) is 0 Å². The van der Waals surface area contributed by atoms with Gasteiger partial charge in [-0.25, -0.2) is 0 Å². The number of allylic oxidation sites excluding steroid dienone is 8. The monoisotopic (exact) mass is 856 g/mol. The fourth-order valence-electron chi connectivity index (χ4n) is 7.93. The Morgan fingerprint density at radius 1 is 0.508 bits per heavy atom. The van der Waals surface area contributed by atoms with Gasteiger partial charge in [-0.2, -0.15) is 0 Å². The lowest BCUT2D eigenvalue weighted by Gasteiger charge is -2.24. The van der Waals surface area contributed by atoms with E-state index in [1.54, 1.807) is 0 Å². The van der Waals surface area contributed by atoms with Crippen LogP contribution in [0.25, 0.3) is 0 Å². The average molecular weight is 856 g/mol. The molecular formula is C55H101NO5. The number of carbonyl (C=O) groups excluding carboxylic acids is 2. The molecule has 0 aliphatic heterocycles. The zero-order valence-electron chi connectivity index (χ0n) is 40.5. The third kappa shape index (κ3) is 44.2. The fraction of sp³-hybridized carbons (Fsp3) is 0.818. The molecule has 3 unspecified atom stereocenters. The number of hydrogen-bond acceptors (Lipinski definition) is 5. The number of ether oxygens (including phenoxy) is 1. The molecule has 0 aromatic heterocycles. The Morgan fingerprint density at radius 2 is 0.934 bits per heavy atom. The second-order valence-corrected chi connectivity index (χ2v) is 17.9. The molecule has 6 heteroatoms. The van der Waals surface area contributed by atoms with Gasteiger partial charge in [0.05, 0.1) is 25.2 Å². The van der Waals surface area contributed by atoms with E-state index < -0.39 is 18.2 Å². The average Bonchev–Trinajstić information content (AvgIpc) is 3.25. The molecule has 6 nitrogen and oxygen atoms in total. The molecule has 1 amide bonds. The Morgan fingerprint density at radius 3 is 1.46 bits per heavy atom. The molecule has 0 spiro atoms. The van der Waals surface area contributed by atoms with E-state index in [9.17, 15) is 19.8 Å². The summed E-state index contributed by atoms with van der Waals surface area (Å²) >= 11 is 0. The van der Waals surface area contributed by atoms with Crippen molar-refractivity contribution in [2.45, 2.75) is 283 Å². The predicted octanol–water partition coefficient (Wildman–Crippen LogP) is 15.8. The topological polar surface area (TPSA) is 95.9 Å². The second-order valence-electron chi connectivity index (χ2n) is 17.9. The van der Waals surface area contributed by atoms with Crippen LogP contribution < -0.4 is 5.32 Å². The molecule has 0 radical (unpaired) electrons. The largest absolute Gasteiger partial charge is 0.462 e. The van der Waals surface area contributed by atoms with Gasteiger partial charge in [0.2, 0.25) is 5.91 Å². The molecule has 0 fully saturated rings. The molecular weight excluding hydrogens is 755 g/mol. The van der Waals surface area contributed by atoms with Crippen molar-refractivity contribution < 1.29 is 24.5 Å². The highest BCUT2D eigenvalue weighted by molar-refractivity contribution is 5.77. The molecule has 356 valence electrons. The van der Waals surface area contributed by atoms with Gasteiger partial charge < -0.3 is 20.3 Å². The third-order valence-corrected chi connectivity index (χ3v) is 11.9. The lowest BCUT2D eigenvalue weighted by atomic mass is 10.0. The van der Waals surface area contributed by atoms with Gasteiger partial charge in [-0.3, -0.25) is 9.59 Å².